The fourth-order valence-corrected chi connectivity index (χ4v) is 2.64. The highest BCUT2D eigenvalue weighted by Crippen LogP contribution is 2.56. The summed E-state index contributed by atoms with van der Waals surface area (Å²) in [6, 6.07) is 0.0253. The Morgan fingerprint density at radius 3 is 2.71 bits per heavy atom. The maximum absolute atomic E-state index is 13.1. The first-order valence-corrected chi connectivity index (χ1v) is 5.87. The Labute approximate surface area is 97.0 Å². The molecule has 0 aromatic carbocycles. The second kappa shape index (κ2) is 3.48. The molecule has 2 fully saturated rings. The Morgan fingerprint density at radius 1 is 1.41 bits per heavy atom. The topological polar surface area (TPSA) is 29.9 Å². The normalized spacial score (nSPS) is 27.4. The molecule has 1 aliphatic heterocycles. The Hall–Kier alpha value is -1.04. The first-order chi connectivity index (χ1) is 8.05. The van der Waals surface area contributed by atoms with Crippen molar-refractivity contribution in [1.82, 2.24) is 14.9 Å². The highest BCUT2D eigenvalue weighted by Gasteiger charge is 2.65. The maximum Gasteiger partial charge on any atom is 0.411 e. The van der Waals surface area contributed by atoms with Gasteiger partial charge in [-0.1, -0.05) is 0 Å². The Bertz CT molecular complexity index is 414. The van der Waals surface area contributed by atoms with Gasteiger partial charge in [-0.2, -0.15) is 13.2 Å². The van der Waals surface area contributed by atoms with E-state index in [1.807, 2.05) is 0 Å². The van der Waals surface area contributed by atoms with Crippen LogP contribution in [0.5, 0.6) is 0 Å². The Morgan fingerprint density at radius 2 is 2.18 bits per heavy atom. The Kier molecular flexibility index (Phi) is 2.26. The summed E-state index contributed by atoms with van der Waals surface area (Å²) in [6.45, 7) is 0.870. The summed E-state index contributed by atoms with van der Waals surface area (Å²) in [7, 11) is 0. The summed E-state index contributed by atoms with van der Waals surface area (Å²) in [5.41, 5.74) is -0.999. The zero-order valence-electron chi connectivity index (χ0n) is 9.30. The van der Waals surface area contributed by atoms with Crippen LogP contribution in [0.25, 0.3) is 0 Å². The van der Waals surface area contributed by atoms with Crippen molar-refractivity contribution in [3.63, 3.8) is 0 Å². The molecule has 0 radical (unpaired) electrons. The molecule has 1 aromatic rings. The number of hydrogen-bond acceptors (Lipinski definition) is 2. The number of hydrogen-bond donors (Lipinski definition) is 1. The lowest BCUT2D eigenvalue weighted by Crippen LogP contribution is -2.36. The molecule has 3 nitrogen and oxygen atoms in total. The van der Waals surface area contributed by atoms with Crippen molar-refractivity contribution in [2.45, 2.75) is 43.4 Å². The van der Waals surface area contributed by atoms with Crippen LogP contribution in [0.15, 0.2) is 12.5 Å². The molecular formula is C11H14F3N3. The van der Waals surface area contributed by atoms with E-state index in [-0.39, 0.29) is 18.9 Å². The lowest BCUT2D eigenvalue weighted by atomic mass is 10.1. The second-order valence-corrected chi connectivity index (χ2v) is 4.87. The van der Waals surface area contributed by atoms with Crippen LogP contribution in [-0.4, -0.2) is 22.3 Å². The van der Waals surface area contributed by atoms with Crippen LogP contribution < -0.4 is 5.32 Å². The second-order valence-electron chi connectivity index (χ2n) is 4.87. The van der Waals surface area contributed by atoms with Crippen LogP contribution in [0.3, 0.4) is 0 Å². The van der Waals surface area contributed by atoms with Gasteiger partial charge >= 0.3 is 6.18 Å². The van der Waals surface area contributed by atoms with Crippen molar-refractivity contribution in [3.05, 3.63) is 18.2 Å². The van der Waals surface area contributed by atoms with E-state index in [0.717, 1.165) is 19.4 Å². The summed E-state index contributed by atoms with van der Waals surface area (Å²) in [4.78, 5) is 3.91. The van der Waals surface area contributed by atoms with Crippen LogP contribution in [0, 0.1) is 0 Å². The van der Waals surface area contributed by atoms with Crippen LogP contribution >= 0.6 is 0 Å². The number of nitrogens with one attached hydrogen (secondary N) is 1. The van der Waals surface area contributed by atoms with E-state index in [9.17, 15) is 13.2 Å². The molecule has 2 heterocycles. The fourth-order valence-electron chi connectivity index (χ4n) is 2.64. The monoisotopic (exact) mass is 245 g/mol. The number of nitrogens with zero attached hydrogens (tertiary/aromatic N) is 2. The molecule has 3 rings (SSSR count). The van der Waals surface area contributed by atoms with E-state index in [2.05, 4.69) is 10.3 Å². The summed E-state index contributed by atoms with van der Waals surface area (Å²) >= 11 is 0. The molecule has 1 N–H and O–H groups in total. The van der Waals surface area contributed by atoms with Crippen molar-refractivity contribution >= 4 is 0 Å². The molecule has 1 atom stereocenters. The average Bonchev–Trinajstić information content (AvgIpc) is 2.76. The van der Waals surface area contributed by atoms with Gasteiger partial charge < -0.3 is 9.88 Å². The number of alkyl halides is 3. The highest BCUT2D eigenvalue weighted by atomic mass is 19.4. The predicted molar refractivity (Wildman–Crippen MR) is 55.5 cm³/mol. The van der Waals surface area contributed by atoms with Crippen LogP contribution in [0.2, 0.25) is 0 Å². The minimum absolute atomic E-state index is 0.0253. The lowest BCUT2D eigenvalue weighted by molar-refractivity contribution is -0.180. The predicted octanol–water partition coefficient (Wildman–Crippen LogP) is 2.36. The van der Waals surface area contributed by atoms with Crippen molar-refractivity contribution in [2.24, 2.45) is 0 Å². The minimum Gasteiger partial charge on any atom is -0.318 e. The van der Waals surface area contributed by atoms with Gasteiger partial charge in [0.15, 0.2) is 0 Å². The molecule has 0 bridgehead atoms. The molecule has 0 unspecified atom stereocenters. The van der Waals surface area contributed by atoms with Gasteiger partial charge in [-0.15, -0.1) is 0 Å². The molecule has 0 spiro atoms. The zero-order chi connectivity index (χ0) is 12.1. The summed E-state index contributed by atoms with van der Waals surface area (Å²) in [5.74, 6) is 0. The summed E-state index contributed by atoms with van der Waals surface area (Å²) in [5, 5.41) is 3.22. The largest absolute Gasteiger partial charge is 0.411 e. The van der Waals surface area contributed by atoms with Gasteiger partial charge in [0.25, 0.3) is 0 Å². The summed E-state index contributed by atoms with van der Waals surface area (Å²) < 4.78 is 40.5. The van der Waals surface area contributed by atoms with E-state index in [1.54, 1.807) is 6.20 Å². The third-order valence-electron chi connectivity index (χ3n) is 3.80. The van der Waals surface area contributed by atoms with E-state index in [4.69, 9.17) is 0 Å². The molecule has 1 saturated heterocycles. The van der Waals surface area contributed by atoms with Gasteiger partial charge in [0.1, 0.15) is 5.54 Å². The number of aromatic nitrogens is 2. The molecule has 17 heavy (non-hydrogen) atoms. The molecule has 1 aliphatic carbocycles. The highest BCUT2D eigenvalue weighted by molar-refractivity contribution is 5.17. The van der Waals surface area contributed by atoms with Crippen molar-refractivity contribution in [3.8, 4) is 0 Å². The van der Waals surface area contributed by atoms with Gasteiger partial charge in [0.05, 0.1) is 12.0 Å². The van der Waals surface area contributed by atoms with Crippen LogP contribution in [0.4, 0.5) is 13.2 Å². The van der Waals surface area contributed by atoms with Crippen molar-refractivity contribution in [1.29, 1.82) is 0 Å². The third-order valence-corrected chi connectivity index (χ3v) is 3.80. The number of imidazole rings is 1. The maximum atomic E-state index is 13.1. The van der Waals surface area contributed by atoms with Crippen molar-refractivity contribution < 1.29 is 13.2 Å². The molecule has 94 valence electrons. The third kappa shape index (κ3) is 1.57. The standard InChI is InChI=1S/C11H14F3N3/c12-11(13,14)10(3-4-10)17-7-15-6-9(17)8-2-1-5-16-8/h6-8,16H,1-5H2/t8-/m0/s1. The minimum atomic E-state index is -4.18. The smallest absolute Gasteiger partial charge is 0.318 e. The molecule has 0 amide bonds. The Balaban J connectivity index is 1.96. The van der Waals surface area contributed by atoms with Gasteiger partial charge in [-0.05, 0) is 32.2 Å². The van der Waals surface area contributed by atoms with Gasteiger partial charge in [-0.3, -0.25) is 0 Å². The van der Waals surface area contributed by atoms with E-state index in [1.165, 1.54) is 10.9 Å². The number of halogens is 3. The van der Waals surface area contributed by atoms with Gasteiger partial charge in [-0.25, -0.2) is 4.98 Å². The van der Waals surface area contributed by atoms with E-state index >= 15 is 0 Å². The lowest BCUT2D eigenvalue weighted by Gasteiger charge is -2.25. The quantitative estimate of drug-likeness (QED) is 0.866. The molecule has 2 aliphatic rings. The van der Waals surface area contributed by atoms with Gasteiger partial charge in [0, 0.05) is 12.2 Å². The van der Waals surface area contributed by atoms with Crippen molar-refractivity contribution in [2.75, 3.05) is 6.54 Å². The first kappa shape index (κ1) is 11.1. The van der Waals surface area contributed by atoms with E-state index in [0.29, 0.717) is 5.69 Å². The van der Waals surface area contributed by atoms with E-state index < -0.39 is 11.7 Å². The average molecular weight is 245 g/mol. The number of rotatable bonds is 2. The molecular weight excluding hydrogens is 231 g/mol. The fraction of sp³-hybridized carbons (Fsp3) is 0.727. The molecule has 1 aromatic heterocycles. The molecule has 1 saturated carbocycles. The first-order valence-electron chi connectivity index (χ1n) is 5.87. The summed E-state index contributed by atoms with van der Waals surface area (Å²) in [6.07, 6.45) is 0.958. The SMILES string of the molecule is FC(F)(F)C1(n2cncc2[C@@H]2CCCN2)CC1. The van der Waals surface area contributed by atoms with Gasteiger partial charge in [0.2, 0.25) is 0 Å². The zero-order valence-corrected chi connectivity index (χ0v) is 9.30. The van der Waals surface area contributed by atoms with Crippen LogP contribution in [0.1, 0.15) is 37.4 Å². The molecule has 6 heteroatoms. The van der Waals surface area contributed by atoms with Crippen LogP contribution in [-0.2, 0) is 5.54 Å².